The second kappa shape index (κ2) is 7.91. The summed E-state index contributed by atoms with van der Waals surface area (Å²) in [7, 11) is 3.17. The molecule has 1 atom stereocenters. The van der Waals surface area contributed by atoms with Crippen LogP contribution in [0.2, 0.25) is 5.02 Å². The van der Waals surface area contributed by atoms with Gasteiger partial charge in [-0.05, 0) is 31.0 Å². The van der Waals surface area contributed by atoms with E-state index in [1.54, 1.807) is 31.3 Å². The number of carbonyl (C=O) groups excluding carboxylic acids is 2. The Morgan fingerprint density at radius 3 is 2.55 bits per heavy atom. The zero-order chi connectivity index (χ0) is 20.5. The van der Waals surface area contributed by atoms with Gasteiger partial charge in [0.2, 0.25) is 5.91 Å². The molecule has 4 rings (SSSR count). The van der Waals surface area contributed by atoms with Crippen LogP contribution in [0.5, 0.6) is 11.5 Å². The minimum absolute atomic E-state index is 0.0746. The molecule has 0 fully saturated rings. The lowest BCUT2D eigenvalue weighted by atomic mass is 9.77. The highest BCUT2D eigenvalue weighted by Gasteiger charge is 2.41. The topological polar surface area (TPSA) is 55.8 Å². The van der Waals surface area contributed by atoms with Crippen LogP contribution in [0, 0.1) is 0 Å². The van der Waals surface area contributed by atoms with Crippen molar-refractivity contribution < 1.29 is 19.1 Å². The Balaban J connectivity index is 1.88. The van der Waals surface area contributed by atoms with Crippen LogP contribution in [0.4, 0.5) is 5.69 Å². The minimum atomic E-state index is -0.343. The van der Waals surface area contributed by atoms with E-state index >= 15 is 0 Å². The van der Waals surface area contributed by atoms with Crippen LogP contribution in [0.3, 0.4) is 0 Å². The van der Waals surface area contributed by atoms with E-state index in [1.807, 2.05) is 30.3 Å². The average molecular weight is 412 g/mol. The molecule has 6 heteroatoms. The van der Waals surface area contributed by atoms with Gasteiger partial charge in [-0.25, -0.2) is 0 Å². The van der Waals surface area contributed by atoms with Crippen molar-refractivity contribution in [2.75, 3.05) is 19.1 Å². The maximum absolute atomic E-state index is 13.3. The van der Waals surface area contributed by atoms with Crippen molar-refractivity contribution in [1.29, 1.82) is 0 Å². The number of allylic oxidation sites excluding steroid dienone is 2. The van der Waals surface area contributed by atoms with Crippen LogP contribution >= 0.6 is 11.6 Å². The first kappa shape index (κ1) is 19.5. The number of anilines is 1. The number of halogens is 1. The predicted molar refractivity (Wildman–Crippen MR) is 112 cm³/mol. The van der Waals surface area contributed by atoms with E-state index in [0.717, 1.165) is 17.7 Å². The molecular formula is C23H22ClNO4. The molecule has 0 saturated carbocycles. The number of benzene rings is 2. The van der Waals surface area contributed by atoms with Gasteiger partial charge in [-0.1, -0.05) is 29.8 Å². The van der Waals surface area contributed by atoms with Crippen molar-refractivity contribution in [1.82, 2.24) is 0 Å². The van der Waals surface area contributed by atoms with Gasteiger partial charge in [0.25, 0.3) is 0 Å². The van der Waals surface area contributed by atoms with Crippen molar-refractivity contribution >= 4 is 29.0 Å². The number of amides is 1. The molecule has 1 aliphatic carbocycles. The fourth-order valence-electron chi connectivity index (χ4n) is 4.28. The summed E-state index contributed by atoms with van der Waals surface area (Å²) in [4.78, 5) is 27.9. The van der Waals surface area contributed by atoms with Gasteiger partial charge in [0.05, 0.1) is 24.9 Å². The first-order chi connectivity index (χ1) is 14.0. The molecule has 0 radical (unpaired) electrons. The van der Waals surface area contributed by atoms with Gasteiger partial charge < -0.3 is 9.47 Å². The Kier molecular flexibility index (Phi) is 5.33. The Labute approximate surface area is 174 Å². The zero-order valence-corrected chi connectivity index (χ0v) is 17.2. The smallest absolute Gasteiger partial charge is 0.232 e. The lowest BCUT2D eigenvalue weighted by Gasteiger charge is -2.38. The lowest BCUT2D eigenvalue weighted by molar-refractivity contribution is -0.119. The summed E-state index contributed by atoms with van der Waals surface area (Å²) in [6, 6.07) is 12.7. The normalized spacial score (nSPS) is 19.3. The number of carbonyl (C=O) groups is 2. The quantitative estimate of drug-likeness (QED) is 0.719. The molecule has 0 spiro atoms. The van der Waals surface area contributed by atoms with Crippen molar-refractivity contribution in [2.24, 2.45) is 0 Å². The summed E-state index contributed by atoms with van der Waals surface area (Å²) in [6.45, 7) is 0. The third kappa shape index (κ3) is 3.40. The van der Waals surface area contributed by atoms with Crippen LogP contribution in [-0.2, 0) is 9.59 Å². The Hall–Kier alpha value is -2.79. The zero-order valence-electron chi connectivity index (χ0n) is 16.4. The van der Waals surface area contributed by atoms with Crippen LogP contribution in [0.1, 0.15) is 37.2 Å². The van der Waals surface area contributed by atoms with Crippen molar-refractivity contribution in [3.63, 3.8) is 0 Å². The number of rotatable bonds is 4. The van der Waals surface area contributed by atoms with Crippen LogP contribution in [-0.4, -0.2) is 25.9 Å². The maximum Gasteiger partial charge on any atom is 0.232 e. The van der Waals surface area contributed by atoms with Gasteiger partial charge >= 0.3 is 0 Å². The maximum atomic E-state index is 13.3. The third-order valence-electron chi connectivity index (χ3n) is 5.58. The van der Waals surface area contributed by atoms with E-state index in [9.17, 15) is 9.59 Å². The summed E-state index contributed by atoms with van der Waals surface area (Å²) >= 11 is 6.39. The number of hydrogen-bond acceptors (Lipinski definition) is 4. The highest BCUT2D eigenvalue weighted by Crippen LogP contribution is 2.47. The molecule has 0 aromatic heterocycles. The van der Waals surface area contributed by atoms with E-state index in [0.29, 0.717) is 40.6 Å². The SMILES string of the molecule is COc1ccc([C@@H]2CC(=O)N(c3ccccc3Cl)C3=C2C(=O)CCC3)c(OC)c1. The third-order valence-corrected chi connectivity index (χ3v) is 5.90. The van der Waals surface area contributed by atoms with Crippen LogP contribution in [0.25, 0.3) is 0 Å². The van der Waals surface area contributed by atoms with Crippen molar-refractivity contribution in [3.05, 3.63) is 64.3 Å². The first-order valence-electron chi connectivity index (χ1n) is 9.60. The largest absolute Gasteiger partial charge is 0.497 e. The van der Waals surface area contributed by atoms with Gasteiger partial charge in [-0.2, -0.15) is 0 Å². The molecule has 0 bridgehead atoms. The van der Waals surface area contributed by atoms with E-state index in [1.165, 1.54) is 0 Å². The summed E-state index contributed by atoms with van der Waals surface area (Å²) in [5.74, 6) is 0.936. The van der Waals surface area contributed by atoms with E-state index in [-0.39, 0.29) is 24.0 Å². The summed E-state index contributed by atoms with van der Waals surface area (Å²) in [5, 5.41) is 0.492. The molecule has 5 nitrogen and oxygen atoms in total. The number of methoxy groups -OCH3 is 2. The highest BCUT2D eigenvalue weighted by molar-refractivity contribution is 6.34. The summed E-state index contributed by atoms with van der Waals surface area (Å²) < 4.78 is 10.8. The summed E-state index contributed by atoms with van der Waals surface area (Å²) in [5.41, 5.74) is 2.90. The molecule has 2 aliphatic rings. The van der Waals surface area contributed by atoms with Crippen LogP contribution in [0.15, 0.2) is 53.7 Å². The number of para-hydroxylation sites is 1. The standard InChI is InChI=1S/C23H22ClNO4/c1-28-14-10-11-15(21(12-14)29-2)16-13-22(27)25(18-7-4-3-6-17(18)24)19-8-5-9-20(26)23(16)19/h3-4,6-7,10-12,16H,5,8-9,13H2,1-2H3/t16-/m0/s1. The van der Waals surface area contributed by atoms with Crippen molar-refractivity contribution in [2.45, 2.75) is 31.6 Å². The number of Topliss-reactive ketones (excluding diaryl/α,β-unsaturated/α-hetero) is 1. The predicted octanol–water partition coefficient (Wildman–Crippen LogP) is 4.88. The number of ketones is 1. The molecule has 150 valence electrons. The minimum Gasteiger partial charge on any atom is -0.497 e. The van der Waals surface area contributed by atoms with E-state index in [4.69, 9.17) is 21.1 Å². The Morgan fingerprint density at radius 1 is 1.03 bits per heavy atom. The Morgan fingerprint density at radius 2 is 1.83 bits per heavy atom. The monoisotopic (exact) mass is 411 g/mol. The number of nitrogens with zero attached hydrogens (tertiary/aromatic N) is 1. The van der Waals surface area contributed by atoms with Gasteiger partial charge in [0.15, 0.2) is 5.78 Å². The molecule has 2 aromatic carbocycles. The molecule has 1 heterocycles. The number of ether oxygens (including phenoxy) is 2. The second-order valence-electron chi connectivity index (χ2n) is 7.18. The molecule has 1 aliphatic heterocycles. The van der Waals surface area contributed by atoms with Crippen molar-refractivity contribution in [3.8, 4) is 11.5 Å². The summed E-state index contributed by atoms with van der Waals surface area (Å²) in [6.07, 6.45) is 2.04. The van der Waals surface area contributed by atoms with E-state index < -0.39 is 0 Å². The van der Waals surface area contributed by atoms with Crippen LogP contribution < -0.4 is 14.4 Å². The molecular weight excluding hydrogens is 390 g/mol. The number of hydrogen-bond donors (Lipinski definition) is 0. The average Bonchev–Trinajstić information content (AvgIpc) is 2.73. The highest BCUT2D eigenvalue weighted by atomic mass is 35.5. The van der Waals surface area contributed by atoms with Gasteiger partial charge in [0.1, 0.15) is 11.5 Å². The first-order valence-corrected chi connectivity index (χ1v) is 9.98. The molecule has 29 heavy (non-hydrogen) atoms. The Bertz CT molecular complexity index is 1010. The molecule has 1 amide bonds. The fraction of sp³-hybridized carbons (Fsp3) is 0.304. The molecule has 0 unspecified atom stereocenters. The lowest BCUT2D eigenvalue weighted by Crippen LogP contribution is -2.40. The molecule has 0 N–H and O–H groups in total. The van der Waals surface area contributed by atoms with Gasteiger partial charge in [-0.15, -0.1) is 0 Å². The molecule has 0 saturated heterocycles. The van der Waals surface area contributed by atoms with Gasteiger partial charge in [0, 0.05) is 41.7 Å². The second-order valence-corrected chi connectivity index (χ2v) is 7.59. The van der Waals surface area contributed by atoms with Gasteiger partial charge in [-0.3, -0.25) is 14.5 Å². The van der Waals surface area contributed by atoms with E-state index in [2.05, 4.69) is 0 Å². The fourth-order valence-corrected chi connectivity index (χ4v) is 4.50. The molecule has 2 aromatic rings.